The quantitative estimate of drug-likeness (QED) is 0.710. The second kappa shape index (κ2) is 4.37. The lowest BCUT2D eigenvalue weighted by atomic mass is 10.1. The Morgan fingerprint density at radius 1 is 1.05 bits per heavy atom. The van der Waals surface area contributed by atoms with Crippen LogP contribution < -0.4 is 11.5 Å². The highest BCUT2D eigenvalue weighted by Crippen LogP contribution is 2.30. The Hall–Kier alpha value is -2.40. The third-order valence-corrected chi connectivity index (χ3v) is 3.06. The molecule has 3 aromatic rings. The molecule has 0 aliphatic heterocycles. The van der Waals surface area contributed by atoms with Crippen molar-refractivity contribution in [1.82, 2.24) is 15.0 Å². The monoisotopic (exact) mass is 271 g/mol. The van der Waals surface area contributed by atoms with Crippen LogP contribution in [-0.2, 0) is 0 Å². The number of rotatable bonds is 1. The van der Waals surface area contributed by atoms with Crippen LogP contribution in [0.5, 0.6) is 0 Å². The van der Waals surface area contributed by atoms with Crippen LogP contribution in [0.25, 0.3) is 22.0 Å². The molecular weight excluding hydrogens is 262 g/mol. The molecule has 0 amide bonds. The average molecular weight is 272 g/mol. The molecule has 1 aromatic carbocycles. The Morgan fingerprint density at radius 3 is 2.68 bits per heavy atom. The minimum Gasteiger partial charge on any atom is -0.383 e. The normalized spacial score (nSPS) is 10.8. The number of fused-ring (bicyclic) bond motifs is 1. The summed E-state index contributed by atoms with van der Waals surface area (Å²) in [7, 11) is 0. The van der Waals surface area contributed by atoms with Gasteiger partial charge in [0.2, 0.25) is 5.95 Å². The van der Waals surface area contributed by atoms with Gasteiger partial charge in [0.25, 0.3) is 0 Å². The maximum Gasteiger partial charge on any atom is 0.221 e. The molecule has 5 nitrogen and oxygen atoms in total. The van der Waals surface area contributed by atoms with Gasteiger partial charge in [-0.2, -0.15) is 4.98 Å². The largest absolute Gasteiger partial charge is 0.383 e. The number of hydrogen-bond donors (Lipinski definition) is 2. The van der Waals surface area contributed by atoms with Crippen molar-refractivity contribution in [2.75, 3.05) is 11.5 Å². The highest BCUT2D eigenvalue weighted by Gasteiger charge is 2.11. The van der Waals surface area contributed by atoms with Gasteiger partial charge in [0.1, 0.15) is 5.82 Å². The van der Waals surface area contributed by atoms with Crippen molar-refractivity contribution in [1.29, 1.82) is 0 Å². The van der Waals surface area contributed by atoms with E-state index in [0.29, 0.717) is 22.1 Å². The molecule has 0 atom stereocenters. The van der Waals surface area contributed by atoms with Gasteiger partial charge in [-0.3, -0.25) is 4.98 Å². The van der Waals surface area contributed by atoms with Gasteiger partial charge in [0.15, 0.2) is 0 Å². The van der Waals surface area contributed by atoms with E-state index in [-0.39, 0.29) is 5.95 Å². The summed E-state index contributed by atoms with van der Waals surface area (Å²) >= 11 is 6.03. The number of halogens is 1. The molecule has 0 aliphatic rings. The fraction of sp³-hybridized carbons (Fsp3) is 0. The van der Waals surface area contributed by atoms with Gasteiger partial charge >= 0.3 is 0 Å². The number of anilines is 2. The minimum absolute atomic E-state index is 0.138. The molecule has 3 rings (SSSR count). The number of hydrogen-bond acceptors (Lipinski definition) is 5. The van der Waals surface area contributed by atoms with E-state index < -0.39 is 0 Å². The molecule has 19 heavy (non-hydrogen) atoms. The topological polar surface area (TPSA) is 90.7 Å². The zero-order valence-corrected chi connectivity index (χ0v) is 10.6. The van der Waals surface area contributed by atoms with Crippen molar-refractivity contribution < 1.29 is 0 Å². The first-order chi connectivity index (χ1) is 9.15. The fourth-order valence-corrected chi connectivity index (χ4v) is 2.12. The molecule has 0 saturated heterocycles. The zero-order chi connectivity index (χ0) is 13.4. The highest BCUT2D eigenvalue weighted by molar-refractivity contribution is 6.31. The van der Waals surface area contributed by atoms with Crippen molar-refractivity contribution in [2.45, 2.75) is 0 Å². The lowest BCUT2D eigenvalue weighted by Gasteiger charge is -2.08. The van der Waals surface area contributed by atoms with E-state index in [1.165, 1.54) is 0 Å². The van der Waals surface area contributed by atoms with E-state index in [1.807, 2.05) is 24.3 Å². The predicted molar refractivity (Wildman–Crippen MR) is 76.6 cm³/mol. The summed E-state index contributed by atoms with van der Waals surface area (Å²) in [5.74, 6) is 0.437. The maximum atomic E-state index is 6.03. The van der Waals surface area contributed by atoms with E-state index in [1.54, 1.807) is 12.4 Å². The molecule has 0 radical (unpaired) electrons. The second-order valence-electron chi connectivity index (χ2n) is 4.05. The van der Waals surface area contributed by atoms with Gasteiger partial charge in [-0.05, 0) is 23.6 Å². The van der Waals surface area contributed by atoms with Gasteiger partial charge < -0.3 is 11.5 Å². The number of aromatic nitrogens is 3. The maximum absolute atomic E-state index is 6.03. The first kappa shape index (κ1) is 11.7. The van der Waals surface area contributed by atoms with Crippen LogP contribution in [0.4, 0.5) is 11.8 Å². The summed E-state index contributed by atoms with van der Waals surface area (Å²) in [5.41, 5.74) is 12.7. The van der Waals surface area contributed by atoms with Gasteiger partial charge in [-0.1, -0.05) is 17.7 Å². The van der Waals surface area contributed by atoms with Crippen LogP contribution in [0, 0.1) is 0 Å². The lowest BCUT2D eigenvalue weighted by Crippen LogP contribution is -2.02. The van der Waals surface area contributed by atoms with Crippen LogP contribution >= 0.6 is 11.6 Å². The SMILES string of the molecule is Nc1ncc(-c2nccc3ccc(Cl)cc23)c(N)n1. The van der Waals surface area contributed by atoms with Crippen molar-refractivity contribution in [3.05, 3.63) is 41.7 Å². The molecule has 6 heteroatoms. The van der Waals surface area contributed by atoms with E-state index in [9.17, 15) is 0 Å². The number of nitrogens with zero attached hydrogens (tertiary/aromatic N) is 3. The standard InChI is InChI=1S/C13H10ClN5/c14-8-2-1-7-3-4-17-11(9(7)5-8)10-6-18-13(16)19-12(10)15/h1-6H,(H4,15,16,18,19). The Balaban J connectivity index is 2.33. The first-order valence-electron chi connectivity index (χ1n) is 5.58. The molecule has 0 spiro atoms. The Bertz CT molecular complexity index is 772. The molecule has 0 unspecified atom stereocenters. The van der Waals surface area contributed by atoms with Crippen LogP contribution in [0.1, 0.15) is 0 Å². The van der Waals surface area contributed by atoms with Crippen LogP contribution in [0.15, 0.2) is 36.7 Å². The summed E-state index contributed by atoms with van der Waals surface area (Å²) < 4.78 is 0. The van der Waals surface area contributed by atoms with Gasteiger partial charge in [0, 0.05) is 22.8 Å². The smallest absolute Gasteiger partial charge is 0.221 e. The van der Waals surface area contributed by atoms with Crippen LogP contribution in [-0.4, -0.2) is 15.0 Å². The molecule has 2 aromatic heterocycles. The predicted octanol–water partition coefficient (Wildman–Crippen LogP) is 2.51. The molecule has 94 valence electrons. The second-order valence-corrected chi connectivity index (χ2v) is 4.49. The van der Waals surface area contributed by atoms with E-state index >= 15 is 0 Å². The lowest BCUT2D eigenvalue weighted by molar-refractivity contribution is 1.19. The summed E-state index contributed by atoms with van der Waals surface area (Å²) in [5, 5.41) is 2.55. The zero-order valence-electron chi connectivity index (χ0n) is 9.84. The number of benzene rings is 1. The van der Waals surface area contributed by atoms with Crippen LogP contribution in [0.3, 0.4) is 0 Å². The molecule has 4 N–H and O–H groups in total. The number of pyridine rings is 1. The Labute approximate surface area is 114 Å². The molecule has 0 saturated carbocycles. The number of nitrogen functional groups attached to an aromatic ring is 2. The summed E-state index contributed by atoms with van der Waals surface area (Å²) in [4.78, 5) is 12.3. The average Bonchev–Trinajstić information content (AvgIpc) is 2.38. The van der Waals surface area contributed by atoms with Crippen molar-refractivity contribution in [3.8, 4) is 11.3 Å². The van der Waals surface area contributed by atoms with Crippen LogP contribution in [0.2, 0.25) is 5.02 Å². The summed E-state index contributed by atoms with van der Waals surface area (Å²) in [6, 6.07) is 7.51. The van der Waals surface area contributed by atoms with Gasteiger partial charge in [0.05, 0.1) is 11.3 Å². The minimum atomic E-state index is 0.138. The van der Waals surface area contributed by atoms with Crippen molar-refractivity contribution in [2.24, 2.45) is 0 Å². The third-order valence-electron chi connectivity index (χ3n) is 2.82. The molecule has 0 aliphatic carbocycles. The van der Waals surface area contributed by atoms with E-state index in [0.717, 1.165) is 10.8 Å². The van der Waals surface area contributed by atoms with E-state index in [4.69, 9.17) is 23.1 Å². The van der Waals surface area contributed by atoms with Gasteiger partial charge in [-0.25, -0.2) is 4.98 Å². The third kappa shape index (κ3) is 2.04. The van der Waals surface area contributed by atoms with Gasteiger partial charge in [-0.15, -0.1) is 0 Å². The molecule has 0 bridgehead atoms. The Morgan fingerprint density at radius 2 is 1.89 bits per heavy atom. The Kier molecular flexibility index (Phi) is 2.68. The molecule has 0 fully saturated rings. The van der Waals surface area contributed by atoms with Crippen molar-refractivity contribution in [3.63, 3.8) is 0 Å². The molecule has 2 heterocycles. The first-order valence-corrected chi connectivity index (χ1v) is 5.95. The summed E-state index contributed by atoms with van der Waals surface area (Å²) in [6.07, 6.45) is 3.28. The fourth-order valence-electron chi connectivity index (χ4n) is 1.95. The van der Waals surface area contributed by atoms with Crippen molar-refractivity contribution >= 4 is 34.1 Å². The number of nitrogens with two attached hydrogens (primary N) is 2. The summed E-state index contributed by atoms with van der Waals surface area (Å²) in [6.45, 7) is 0. The van der Waals surface area contributed by atoms with E-state index in [2.05, 4.69) is 15.0 Å². The highest BCUT2D eigenvalue weighted by atomic mass is 35.5. The molecular formula is C13H10ClN5.